The van der Waals surface area contributed by atoms with Gasteiger partial charge in [0.1, 0.15) is 22.8 Å². The van der Waals surface area contributed by atoms with E-state index >= 15 is 0 Å². The molecule has 35 heavy (non-hydrogen) atoms. The number of hydrogen-bond donors (Lipinski definition) is 1. The highest BCUT2D eigenvalue weighted by Gasteiger charge is 2.32. The maximum Gasteiger partial charge on any atom is 0.222 e. The summed E-state index contributed by atoms with van der Waals surface area (Å²) in [5.41, 5.74) is 4.24. The molecule has 7 nitrogen and oxygen atoms in total. The van der Waals surface area contributed by atoms with E-state index in [1.807, 2.05) is 16.7 Å². The number of carbonyl (C=O) groups is 1. The number of nitrogens with zero attached hydrogens (tertiary/aromatic N) is 5. The minimum Gasteiger partial charge on any atom is -0.369 e. The summed E-state index contributed by atoms with van der Waals surface area (Å²) in [7, 11) is 0. The highest BCUT2D eigenvalue weighted by molar-refractivity contribution is 7.99. The van der Waals surface area contributed by atoms with E-state index in [-0.39, 0.29) is 5.41 Å². The van der Waals surface area contributed by atoms with Crippen molar-refractivity contribution in [2.45, 2.75) is 52.4 Å². The average Bonchev–Trinajstić information content (AvgIpc) is 3.44. The van der Waals surface area contributed by atoms with Gasteiger partial charge in [-0.1, -0.05) is 13.8 Å². The Bertz CT molecular complexity index is 1270. The van der Waals surface area contributed by atoms with Gasteiger partial charge in [0.05, 0.1) is 10.2 Å². The summed E-state index contributed by atoms with van der Waals surface area (Å²) in [5, 5.41) is 4.79. The quantitative estimate of drug-likeness (QED) is 0.481. The lowest BCUT2D eigenvalue weighted by atomic mass is 9.73. The minimum atomic E-state index is 0.283. The van der Waals surface area contributed by atoms with Gasteiger partial charge in [-0.3, -0.25) is 4.79 Å². The lowest BCUT2D eigenvalue weighted by Gasteiger charge is -2.36. The molecule has 0 atom stereocenters. The van der Waals surface area contributed by atoms with Gasteiger partial charge in [0, 0.05) is 56.0 Å². The Morgan fingerprint density at radius 2 is 1.97 bits per heavy atom. The van der Waals surface area contributed by atoms with Crippen molar-refractivity contribution in [3.05, 3.63) is 17.5 Å². The highest BCUT2D eigenvalue weighted by atomic mass is 32.2. The molecule has 0 radical (unpaired) electrons. The monoisotopic (exact) mass is 510 g/mol. The van der Waals surface area contributed by atoms with Crippen LogP contribution in [0.4, 0.5) is 11.6 Å². The lowest BCUT2D eigenvalue weighted by molar-refractivity contribution is -0.127. The van der Waals surface area contributed by atoms with Gasteiger partial charge in [-0.25, -0.2) is 15.0 Å². The topological polar surface area (TPSA) is 74.2 Å². The predicted octanol–water partition coefficient (Wildman–Crippen LogP) is 4.73. The number of amides is 1. The van der Waals surface area contributed by atoms with Gasteiger partial charge in [-0.05, 0) is 48.6 Å². The number of aromatic nitrogens is 3. The van der Waals surface area contributed by atoms with Crippen molar-refractivity contribution in [2.75, 3.05) is 54.4 Å². The third-order valence-electron chi connectivity index (χ3n) is 7.68. The molecule has 1 N–H and O–H groups in total. The molecular weight excluding hydrogens is 476 g/mol. The van der Waals surface area contributed by atoms with Crippen LogP contribution in [0.3, 0.4) is 0 Å². The molecule has 2 fully saturated rings. The zero-order valence-corrected chi connectivity index (χ0v) is 22.4. The predicted molar refractivity (Wildman–Crippen MR) is 147 cm³/mol. The number of anilines is 2. The molecule has 1 amide bonds. The van der Waals surface area contributed by atoms with Crippen LogP contribution in [0.25, 0.3) is 20.4 Å². The van der Waals surface area contributed by atoms with E-state index in [9.17, 15) is 4.79 Å². The van der Waals surface area contributed by atoms with E-state index in [1.54, 1.807) is 17.7 Å². The summed E-state index contributed by atoms with van der Waals surface area (Å²) < 4.78 is 1.10. The van der Waals surface area contributed by atoms with Crippen LogP contribution in [-0.4, -0.2) is 70.0 Å². The number of fused-ring (bicyclic) bond motifs is 5. The molecule has 0 bridgehead atoms. The number of thiophene rings is 1. The first-order valence-corrected chi connectivity index (χ1v) is 14.9. The Morgan fingerprint density at radius 3 is 2.77 bits per heavy atom. The van der Waals surface area contributed by atoms with Crippen molar-refractivity contribution in [1.29, 1.82) is 0 Å². The molecule has 1 aliphatic carbocycles. The maximum absolute atomic E-state index is 11.9. The third kappa shape index (κ3) is 4.46. The number of hydrogen-bond acceptors (Lipinski definition) is 8. The number of thioether (sulfide) groups is 1. The molecule has 9 heteroatoms. The van der Waals surface area contributed by atoms with Crippen LogP contribution < -0.4 is 10.2 Å². The second-order valence-electron chi connectivity index (χ2n) is 10.8. The molecule has 3 aliphatic rings. The average molecular weight is 511 g/mol. The van der Waals surface area contributed by atoms with Gasteiger partial charge in [0.2, 0.25) is 5.91 Å². The molecule has 6 rings (SSSR count). The van der Waals surface area contributed by atoms with Crippen molar-refractivity contribution < 1.29 is 4.79 Å². The van der Waals surface area contributed by atoms with Crippen molar-refractivity contribution in [3.63, 3.8) is 0 Å². The first-order valence-electron chi connectivity index (χ1n) is 12.9. The second-order valence-corrected chi connectivity index (χ2v) is 13.0. The van der Waals surface area contributed by atoms with Crippen molar-refractivity contribution >= 4 is 61.1 Å². The molecule has 0 unspecified atom stereocenters. The molecule has 0 aromatic carbocycles. The van der Waals surface area contributed by atoms with Gasteiger partial charge in [0.15, 0.2) is 0 Å². The van der Waals surface area contributed by atoms with Gasteiger partial charge >= 0.3 is 0 Å². The minimum absolute atomic E-state index is 0.283. The van der Waals surface area contributed by atoms with E-state index < -0.39 is 0 Å². The largest absolute Gasteiger partial charge is 0.369 e. The fraction of sp³-hybridized carbons (Fsp3) is 0.615. The normalized spacial score (nSPS) is 20.1. The highest BCUT2D eigenvalue weighted by Crippen LogP contribution is 2.46. The van der Waals surface area contributed by atoms with Crippen molar-refractivity contribution in [1.82, 2.24) is 19.9 Å². The van der Waals surface area contributed by atoms with Gasteiger partial charge in [-0.15, -0.1) is 11.3 Å². The summed E-state index contributed by atoms with van der Waals surface area (Å²) in [4.78, 5) is 32.2. The standard InChI is InChI=1S/C26H34N6OS2/c1-26(2)7-6-17-18(15-26)20-21-22(35-25(20)30-24(17)32-11-13-34-14-12-32)23(29-16-28-21)27-8-4-10-31-9-3-5-19(31)33/h16H,3-15H2,1-2H3,(H,27,28,29). The number of pyridine rings is 1. The Balaban J connectivity index is 1.35. The summed E-state index contributed by atoms with van der Waals surface area (Å²) in [5.74, 6) is 4.75. The Kier molecular flexibility index (Phi) is 6.25. The summed E-state index contributed by atoms with van der Waals surface area (Å²) in [6.45, 7) is 9.44. The zero-order valence-electron chi connectivity index (χ0n) is 20.7. The second kappa shape index (κ2) is 9.39. The van der Waals surface area contributed by atoms with Crippen LogP contribution in [0.15, 0.2) is 6.33 Å². The molecule has 186 valence electrons. The van der Waals surface area contributed by atoms with E-state index in [4.69, 9.17) is 9.97 Å². The van der Waals surface area contributed by atoms with E-state index in [1.165, 1.54) is 40.3 Å². The first kappa shape index (κ1) is 23.3. The zero-order chi connectivity index (χ0) is 24.0. The molecule has 2 saturated heterocycles. The first-order chi connectivity index (χ1) is 17.0. The van der Waals surface area contributed by atoms with E-state index in [0.717, 1.165) is 79.3 Å². The Labute approximate surface area is 215 Å². The summed E-state index contributed by atoms with van der Waals surface area (Å²) >= 11 is 3.77. The molecule has 0 spiro atoms. The Hall–Kier alpha value is -2.13. The number of carbonyl (C=O) groups excluding carboxylic acids is 1. The maximum atomic E-state index is 11.9. The van der Waals surface area contributed by atoms with Crippen LogP contribution in [-0.2, 0) is 17.6 Å². The van der Waals surface area contributed by atoms with Crippen molar-refractivity contribution in [2.24, 2.45) is 5.41 Å². The van der Waals surface area contributed by atoms with Crippen LogP contribution >= 0.6 is 23.1 Å². The van der Waals surface area contributed by atoms with E-state index in [0.29, 0.717) is 12.3 Å². The summed E-state index contributed by atoms with van der Waals surface area (Å²) in [6, 6.07) is 0. The van der Waals surface area contributed by atoms with E-state index in [2.05, 4.69) is 29.0 Å². The molecule has 3 aromatic heterocycles. The number of rotatable bonds is 6. The van der Waals surface area contributed by atoms with Crippen molar-refractivity contribution in [3.8, 4) is 0 Å². The molecule has 2 aliphatic heterocycles. The van der Waals surface area contributed by atoms with Gasteiger partial charge < -0.3 is 15.1 Å². The number of nitrogens with one attached hydrogen (secondary N) is 1. The third-order valence-corrected chi connectivity index (χ3v) is 9.71. The Morgan fingerprint density at radius 1 is 1.11 bits per heavy atom. The van der Waals surface area contributed by atoms with Crippen LogP contribution in [0.1, 0.15) is 50.7 Å². The molecule has 5 heterocycles. The lowest BCUT2D eigenvalue weighted by Crippen LogP contribution is -2.35. The molecular formula is C26H34N6OS2. The van der Waals surface area contributed by atoms with Crippen LogP contribution in [0.5, 0.6) is 0 Å². The fourth-order valence-corrected chi connectivity index (χ4v) is 7.79. The number of likely N-dealkylation sites (tertiary alicyclic amines) is 1. The molecule has 0 saturated carbocycles. The van der Waals surface area contributed by atoms with Crippen LogP contribution in [0, 0.1) is 5.41 Å². The molecule has 3 aromatic rings. The summed E-state index contributed by atoms with van der Waals surface area (Å²) in [6.07, 6.45) is 7.66. The van der Waals surface area contributed by atoms with Gasteiger partial charge in [-0.2, -0.15) is 11.8 Å². The van der Waals surface area contributed by atoms with Gasteiger partial charge in [0.25, 0.3) is 0 Å². The van der Waals surface area contributed by atoms with Crippen LogP contribution in [0.2, 0.25) is 0 Å². The smallest absolute Gasteiger partial charge is 0.222 e. The fourth-order valence-electron chi connectivity index (χ4n) is 5.77. The SMILES string of the molecule is CC1(C)CCc2c(N3CCSCC3)nc3sc4c(NCCCN5CCCC5=O)ncnc4c3c2C1.